The second kappa shape index (κ2) is 11.0. The molecule has 0 aliphatic heterocycles. The van der Waals surface area contributed by atoms with E-state index in [4.69, 9.17) is 0 Å². The minimum Gasteiger partial charge on any atom is -0.317 e. The molecular formula is C14H32N3. The molecule has 1 radical (unpaired) electrons. The normalized spacial score (nSPS) is 16.8. The highest BCUT2D eigenvalue weighted by atomic mass is 14.9. The first-order chi connectivity index (χ1) is 8.13. The number of rotatable bonds is 11. The number of hydrogen-bond acceptors (Lipinski definition) is 3. The van der Waals surface area contributed by atoms with Crippen LogP contribution in [0.2, 0.25) is 0 Å². The SMILES string of the molecule is [CH2]C(CCCC(CCCC(C)NC)NC)NC. The van der Waals surface area contributed by atoms with E-state index in [1.807, 2.05) is 14.1 Å². The van der Waals surface area contributed by atoms with Crippen molar-refractivity contribution >= 4 is 0 Å². The predicted octanol–water partition coefficient (Wildman–Crippen LogP) is 1.94. The largest absolute Gasteiger partial charge is 0.317 e. The monoisotopic (exact) mass is 242 g/mol. The van der Waals surface area contributed by atoms with Crippen molar-refractivity contribution in [3.63, 3.8) is 0 Å². The van der Waals surface area contributed by atoms with Crippen LogP contribution >= 0.6 is 0 Å². The van der Waals surface area contributed by atoms with E-state index >= 15 is 0 Å². The minimum atomic E-state index is 0.400. The van der Waals surface area contributed by atoms with Gasteiger partial charge in [0.25, 0.3) is 0 Å². The zero-order valence-electron chi connectivity index (χ0n) is 12.2. The summed E-state index contributed by atoms with van der Waals surface area (Å²) in [7, 11) is 6.09. The van der Waals surface area contributed by atoms with Gasteiger partial charge in [-0.3, -0.25) is 0 Å². The lowest BCUT2D eigenvalue weighted by atomic mass is 10.0. The van der Waals surface area contributed by atoms with Crippen molar-refractivity contribution in [1.82, 2.24) is 16.0 Å². The van der Waals surface area contributed by atoms with Gasteiger partial charge in [-0.25, -0.2) is 0 Å². The summed E-state index contributed by atoms with van der Waals surface area (Å²) in [6.07, 6.45) is 7.53. The van der Waals surface area contributed by atoms with Crippen LogP contribution in [0, 0.1) is 6.92 Å². The summed E-state index contributed by atoms with van der Waals surface area (Å²) in [6.45, 7) is 6.28. The molecule has 0 fully saturated rings. The van der Waals surface area contributed by atoms with E-state index in [-0.39, 0.29) is 0 Å². The van der Waals surface area contributed by atoms with Gasteiger partial charge < -0.3 is 16.0 Å². The summed E-state index contributed by atoms with van der Waals surface area (Å²) in [5.74, 6) is 0. The second-order valence-electron chi connectivity index (χ2n) is 5.02. The van der Waals surface area contributed by atoms with Crippen LogP contribution in [-0.4, -0.2) is 39.3 Å². The summed E-state index contributed by atoms with van der Waals surface area (Å²) in [4.78, 5) is 0. The van der Waals surface area contributed by atoms with Gasteiger partial charge in [-0.15, -0.1) is 0 Å². The molecule has 0 aromatic heterocycles. The maximum atomic E-state index is 4.04. The molecule has 3 nitrogen and oxygen atoms in total. The van der Waals surface area contributed by atoms with E-state index in [9.17, 15) is 0 Å². The summed E-state index contributed by atoms with van der Waals surface area (Å²) in [5, 5.41) is 9.89. The summed E-state index contributed by atoms with van der Waals surface area (Å²) < 4.78 is 0. The van der Waals surface area contributed by atoms with Crippen molar-refractivity contribution < 1.29 is 0 Å². The van der Waals surface area contributed by atoms with Crippen molar-refractivity contribution in [3.05, 3.63) is 6.92 Å². The molecule has 0 aliphatic rings. The number of hydrogen-bond donors (Lipinski definition) is 3. The Labute approximate surface area is 108 Å². The first-order valence-electron chi connectivity index (χ1n) is 6.98. The first kappa shape index (κ1) is 16.9. The third-order valence-corrected chi connectivity index (χ3v) is 3.60. The maximum Gasteiger partial charge on any atom is 0.00646 e. The van der Waals surface area contributed by atoms with Gasteiger partial charge in [0.15, 0.2) is 0 Å². The van der Waals surface area contributed by atoms with Crippen molar-refractivity contribution in [2.75, 3.05) is 21.1 Å². The fourth-order valence-electron chi connectivity index (χ4n) is 2.00. The standard InChI is InChI=1S/C14H32N3/c1-12(15-3)8-6-10-14(17-5)11-7-9-13(2)16-4/h12-17H,1,6-11H2,2-5H3. The molecule has 3 N–H and O–H groups in total. The van der Waals surface area contributed by atoms with Crippen molar-refractivity contribution in [3.8, 4) is 0 Å². The van der Waals surface area contributed by atoms with Crippen LogP contribution in [0.25, 0.3) is 0 Å². The van der Waals surface area contributed by atoms with Gasteiger partial charge in [-0.2, -0.15) is 0 Å². The topological polar surface area (TPSA) is 36.1 Å². The molecule has 3 unspecified atom stereocenters. The smallest absolute Gasteiger partial charge is 0.00646 e. The molecular weight excluding hydrogens is 210 g/mol. The third-order valence-electron chi connectivity index (χ3n) is 3.60. The fraction of sp³-hybridized carbons (Fsp3) is 0.929. The fourth-order valence-corrected chi connectivity index (χ4v) is 2.00. The Balaban J connectivity index is 3.55. The Morgan fingerprint density at radius 3 is 1.88 bits per heavy atom. The lowest BCUT2D eigenvalue weighted by molar-refractivity contribution is 0.420. The lowest BCUT2D eigenvalue weighted by Gasteiger charge is -2.18. The van der Waals surface area contributed by atoms with Gasteiger partial charge in [0.1, 0.15) is 0 Å². The lowest BCUT2D eigenvalue weighted by Crippen LogP contribution is -2.28. The molecule has 0 aliphatic carbocycles. The summed E-state index contributed by atoms with van der Waals surface area (Å²) in [5.41, 5.74) is 0. The molecule has 0 bridgehead atoms. The molecule has 103 valence electrons. The average molecular weight is 242 g/mol. The zero-order valence-corrected chi connectivity index (χ0v) is 12.2. The molecule has 0 heterocycles. The molecule has 3 atom stereocenters. The molecule has 0 aromatic rings. The van der Waals surface area contributed by atoms with Crippen molar-refractivity contribution in [2.45, 2.75) is 63.6 Å². The summed E-state index contributed by atoms with van der Waals surface area (Å²) in [6, 6.07) is 1.71. The molecule has 0 rings (SSSR count). The molecule has 0 aromatic carbocycles. The predicted molar refractivity (Wildman–Crippen MR) is 77.3 cm³/mol. The van der Waals surface area contributed by atoms with Gasteiger partial charge >= 0.3 is 0 Å². The van der Waals surface area contributed by atoms with E-state index in [0.29, 0.717) is 18.1 Å². The van der Waals surface area contributed by atoms with E-state index in [1.54, 1.807) is 0 Å². The Hall–Kier alpha value is -0.120. The van der Waals surface area contributed by atoms with Crippen LogP contribution in [0.3, 0.4) is 0 Å². The van der Waals surface area contributed by atoms with Gasteiger partial charge in [0, 0.05) is 18.1 Å². The maximum absolute atomic E-state index is 4.04. The molecule has 0 spiro atoms. The highest BCUT2D eigenvalue weighted by Crippen LogP contribution is 2.10. The van der Waals surface area contributed by atoms with Crippen molar-refractivity contribution in [1.29, 1.82) is 0 Å². The quantitative estimate of drug-likeness (QED) is 0.518. The Bertz CT molecular complexity index is 146. The van der Waals surface area contributed by atoms with Gasteiger partial charge in [0.2, 0.25) is 0 Å². The molecule has 0 saturated heterocycles. The second-order valence-corrected chi connectivity index (χ2v) is 5.02. The Kier molecular flexibility index (Phi) is 10.9. The molecule has 17 heavy (non-hydrogen) atoms. The molecule has 0 saturated carbocycles. The van der Waals surface area contributed by atoms with Crippen LogP contribution in [0.4, 0.5) is 0 Å². The van der Waals surface area contributed by atoms with E-state index in [1.165, 1.54) is 38.5 Å². The van der Waals surface area contributed by atoms with E-state index in [0.717, 1.165) is 0 Å². The van der Waals surface area contributed by atoms with Crippen LogP contribution in [0.1, 0.15) is 45.4 Å². The van der Waals surface area contributed by atoms with Gasteiger partial charge in [0.05, 0.1) is 0 Å². The minimum absolute atomic E-state index is 0.400. The van der Waals surface area contributed by atoms with Crippen LogP contribution < -0.4 is 16.0 Å². The van der Waals surface area contributed by atoms with Crippen LogP contribution in [-0.2, 0) is 0 Å². The Morgan fingerprint density at radius 1 is 0.824 bits per heavy atom. The highest BCUT2D eigenvalue weighted by Gasteiger charge is 2.08. The third kappa shape index (κ3) is 9.57. The van der Waals surface area contributed by atoms with Crippen LogP contribution in [0.15, 0.2) is 0 Å². The highest BCUT2D eigenvalue weighted by molar-refractivity contribution is 4.71. The molecule has 0 amide bonds. The van der Waals surface area contributed by atoms with Crippen molar-refractivity contribution in [2.24, 2.45) is 0 Å². The number of nitrogens with one attached hydrogen (secondary N) is 3. The van der Waals surface area contributed by atoms with Crippen LogP contribution in [0.5, 0.6) is 0 Å². The van der Waals surface area contributed by atoms with Gasteiger partial charge in [-0.1, -0.05) is 12.8 Å². The van der Waals surface area contributed by atoms with Gasteiger partial charge in [-0.05, 0) is 60.7 Å². The molecule has 3 heteroatoms. The zero-order chi connectivity index (χ0) is 13.1. The first-order valence-corrected chi connectivity index (χ1v) is 6.98. The van der Waals surface area contributed by atoms with E-state index < -0.39 is 0 Å². The van der Waals surface area contributed by atoms with E-state index in [2.05, 4.69) is 36.8 Å². The summed E-state index contributed by atoms with van der Waals surface area (Å²) >= 11 is 0. The Morgan fingerprint density at radius 2 is 1.41 bits per heavy atom. The average Bonchev–Trinajstić information content (AvgIpc) is 2.36.